The number of hydrogen-bond acceptors (Lipinski definition) is 2. The molecule has 1 N–H and O–H groups in total. The number of halogens is 1. The van der Waals surface area contributed by atoms with E-state index in [1.807, 2.05) is 0 Å². The average Bonchev–Trinajstić information content (AvgIpc) is 2.26. The third-order valence-corrected chi connectivity index (χ3v) is 4.66. The van der Waals surface area contributed by atoms with E-state index in [-0.39, 0.29) is 11.2 Å². The molecule has 0 bridgehead atoms. The Labute approximate surface area is 98.7 Å². The van der Waals surface area contributed by atoms with Crippen LogP contribution in [-0.4, -0.2) is 28.3 Å². The molecule has 0 saturated carbocycles. The molecule has 2 nitrogen and oxygen atoms in total. The molecule has 0 spiro atoms. The highest BCUT2D eigenvalue weighted by atomic mass is 79.9. The van der Waals surface area contributed by atoms with Gasteiger partial charge in [-0.05, 0) is 25.0 Å². The highest BCUT2D eigenvalue weighted by molar-refractivity contribution is 9.09. The van der Waals surface area contributed by atoms with Crippen LogP contribution >= 0.6 is 27.7 Å². The second-order valence-electron chi connectivity index (χ2n) is 3.62. The molecule has 1 saturated heterocycles. The summed E-state index contributed by atoms with van der Waals surface area (Å²) in [5.41, 5.74) is 0. The van der Waals surface area contributed by atoms with Gasteiger partial charge in [0.15, 0.2) is 0 Å². The molecular formula is C10H18BrNOS. The van der Waals surface area contributed by atoms with E-state index in [9.17, 15) is 4.79 Å². The molecule has 4 heteroatoms. The molecule has 2 atom stereocenters. The van der Waals surface area contributed by atoms with E-state index >= 15 is 0 Å². The molecule has 0 aromatic heterocycles. The van der Waals surface area contributed by atoms with Gasteiger partial charge in [0.25, 0.3) is 0 Å². The molecule has 0 aliphatic carbocycles. The van der Waals surface area contributed by atoms with Gasteiger partial charge in [0.05, 0.1) is 5.25 Å². The molecular weight excluding hydrogens is 262 g/mol. The van der Waals surface area contributed by atoms with Gasteiger partial charge in [-0.15, -0.1) is 11.8 Å². The highest BCUT2D eigenvalue weighted by Crippen LogP contribution is 2.25. The monoisotopic (exact) mass is 279 g/mol. The first kappa shape index (κ1) is 12.4. The van der Waals surface area contributed by atoms with Crippen molar-refractivity contribution in [1.29, 1.82) is 0 Å². The molecule has 0 radical (unpaired) electrons. The Morgan fingerprint density at radius 1 is 1.64 bits per heavy atom. The zero-order chi connectivity index (χ0) is 10.4. The summed E-state index contributed by atoms with van der Waals surface area (Å²) in [7, 11) is 0. The lowest BCUT2D eigenvalue weighted by Crippen LogP contribution is -2.41. The van der Waals surface area contributed by atoms with E-state index in [1.54, 1.807) is 11.8 Å². The minimum absolute atomic E-state index is 0.205. The second-order valence-corrected chi connectivity index (χ2v) is 5.58. The van der Waals surface area contributed by atoms with Crippen molar-refractivity contribution in [3.05, 3.63) is 0 Å². The maximum Gasteiger partial charge on any atom is 0.233 e. The predicted octanol–water partition coefficient (Wildman–Crippen LogP) is 2.56. The predicted molar refractivity (Wildman–Crippen MR) is 66.1 cm³/mol. The number of alkyl halides is 1. The fraction of sp³-hybridized carbons (Fsp3) is 0.900. The molecule has 1 aliphatic heterocycles. The van der Waals surface area contributed by atoms with Gasteiger partial charge < -0.3 is 5.32 Å². The van der Waals surface area contributed by atoms with E-state index < -0.39 is 0 Å². The molecule has 1 heterocycles. The summed E-state index contributed by atoms with van der Waals surface area (Å²) in [6, 6.07) is 0.296. The van der Waals surface area contributed by atoms with Crippen LogP contribution in [0, 0.1) is 0 Å². The first-order chi connectivity index (χ1) is 6.77. The summed E-state index contributed by atoms with van der Waals surface area (Å²) in [4.78, 5) is 11.8. The normalized spacial score (nSPS) is 24.3. The lowest BCUT2D eigenvalue weighted by atomic mass is 10.1. The number of thioether (sulfide) groups is 1. The van der Waals surface area contributed by atoms with E-state index in [4.69, 9.17) is 0 Å². The van der Waals surface area contributed by atoms with Gasteiger partial charge in [0.1, 0.15) is 0 Å². The van der Waals surface area contributed by atoms with Crippen LogP contribution in [0.15, 0.2) is 0 Å². The summed E-state index contributed by atoms with van der Waals surface area (Å²) >= 11 is 5.21. The zero-order valence-corrected chi connectivity index (χ0v) is 11.0. The van der Waals surface area contributed by atoms with Crippen LogP contribution < -0.4 is 5.32 Å². The van der Waals surface area contributed by atoms with Crippen molar-refractivity contribution in [2.75, 3.05) is 11.1 Å². The molecule has 1 rings (SSSR count). The van der Waals surface area contributed by atoms with Crippen LogP contribution in [0.5, 0.6) is 0 Å². The Kier molecular flexibility index (Phi) is 5.94. The SMILES string of the molecule is CCC(CBr)NC(=O)C1CCCCS1. The third-order valence-electron chi connectivity index (χ3n) is 2.50. The number of rotatable bonds is 4. The lowest BCUT2D eigenvalue weighted by Gasteiger charge is -2.23. The fourth-order valence-electron chi connectivity index (χ4n) is 1.49. The second kappa shape index (κ2) is 6.72. The maximum atomic E-state index is 11.8. The van der Waals surface area contributed by atoms with Crippen molar-refractivity contribution in [2.45, 2.75) is 43.9 Å². The van der Waals surface area contributed by atoms with Crippen molar-refractivity contribution in [3.8, 4) is 0 Å². The quantitative estimate of drug-likeness (QED) is 0.802. The summed E-state index contributed by atoms with van der Waals surface area (Å²) in [6.45, 7) is 2.10. The van der Waals surface area contributed by atoms with E-state index in [2.05, 4.69) is 28.2 Å². The third kappa shape index (κ3) is 3.81. The van der Waals surface area contributed by atoms with E-state index in [0.717, 1.165) is 23.9 Å². The maximum absolute atomic E-state index is 11.8. The van der Waals surface area contributed by atoms with Gasteiger partial charge in [-0.1, -0.05) is 29.3 Å². The standard InChI is InChI=1S/C10H18BrNOS/c1-2-8(7-11)12-10(13)9-5-3-4-6-14-9/h8-9H,2-7H2,1H3,(H,12,13). The number of nitrogens with one attached hydrogen (secondary N) is 1. The minimum atomic E-state index is 0.205. The fourth-order valence-corrected chi connectivity index (χ4v) is 3.32. The number of carbonyl (C=O) groups is 1. The Morgan fingerprint density at radius 2 is 2.43 bits per heavy atom. The highest BCUT2D eigenvalue weighted by Gasteiger charge is 2.22. The topological polar surface area (TPSA) is 29.1 Å². The van der Waals surface area contributed by atoms with Crippen LogP contribution in [0.25, 0.3) is 0 Å². The molecule has 1 aliphatic rings. The van der Waals surface area contributed by atoms with Crippen LogP contribution in [0.1, 0.15) is 32.6 Å². The number of carbonyl (C=O) groups excluding carboxylic acids is 1. The molecule has 82 valence electrons. The molecule has 14 heavy (non-hydrogen) atoms. The van der Waals surface area contributed by atoms with Gasteiger partial charge in [0.2, 0.25) is 5.91 Å². The van der Waals surface area contributed by atoms with Crippen LogP contribution in [0.4, 0.5) is 0 Å². The van der Waals surface area contributed by atoms with Gasteiger partial charge in [0, 0.05) is 11.4 Å². The van der Waals surface area contributed by atoms with Crippen molar-refractivity contribution in [2.24, 2.45) is 0 Å². The number of hydrogen-bond donors (Lipinski definition) is 1. The molecule has 2 unspecified atom stereocenters. The first-order valence-electron chi connectivity index (χ1n) is 5.25. The molecule has 0 aromatic carbocycles. The van der Waals surface area contributed by atoms with Crippen molar-refractivity contribution in [1.82, 2.24) is 5.32 Å². The molecule has 1 fully saturated rings. The van der Waals surface area contributed by atoms with Crippen LogP contribution in [-0.2, 0) is 4.79 Å². The Morgan fingerprint density at radius 3 is 2.93 bits per heavy atom. The van der Waals surface area contributed by atoms with Crippen molar-refractivity contribution < 1.29 is 4.79 Å². The minimum Gasteiger partial charge on any atom is -0.352 e. The van der Waals surface area contributed by atoms with Gasteiger partial charge >= 0.3 is 0 Å². The van der Waals surface area contributed by atoms with Crippen molar-refractivity contribution >= 4 is 33.6 Å². The smallest absolute Gasteiger partial charge is 0.233 e. The summed E-state index contributed by atoms with van der Waals surface area (Å²) in [5, 5.41) is 4.14. The molecule has 0 aromatic rings. The van der Waals surface area contributed by atoms with Gasteiger partial charge in [-0.3, -0.25) is 4.79 Å². The zero-order valence-electron chi connectivity index (χ0n) is 8.59. The van der Waals surface area contributed by atoms with E-state index in [0.29, 0.717) is 6.04 Å². The largest absolute Gasteiger partial charge is 0.352 e. The molecule has 1 amide bonds. The summed E-state index contributed by atoms with van der Waals surface area (Å²) in [6.07, 6.45) is 4.52. The Hall–Kier alpha value is 0.300. The van der Waals surface area contributed by atoms with Crippen molar-refractivity contribution in [3.63, 3.8) is 0 Å². The van der Waals surface area contributed by atoms with Gasteiger partial charge in [-0.2, -0.15) is 0 Å². The Bertz CT molecular complexity index is 179. The summed E-state index contributed by atoms with van der Waals surface area (Å²) in [5.74, 6) is 1.38. The number of amides is 1. The first-order valence-corrected chi connectivity index (χ1v) is 7.43. The van der Waals surface area contributed by atoms with E-state index in [1.165, 1.54) is 12.8 Å². The van der Waals surface area contributed by atoms with Crippen LogP contribution in [0.3, 0.4) is 0 Å². The summed E-state index contributed by atoms with van der Waals surface area (Å²) < 4.78 is 0. The Balaban J connectivity index is 2.32. The average molecular weight is 280 g/mol. The van der Waals surface area contributed by atoms with Gasteiger partial charge in [-0.25, -0.2) is 0 Å². The van der Waals surface area contributed by atoms with Crippen LogP contribution in [0.2, 0.25) is 0 Å². The lowest BCUT2D eigenvalue weighted by molar-refractivity contribution is -0.121.